The van der Waals surface area contributed by atoms with Gasteiger partial charge in [-0.25, -0.2) is 0 Å². The van der Waals surface area contributed by atoms with E-state index in [1.807, 2.05) is 0 Å². The topological polar surface area (TPSA) is 43.1 Å². The summed E-state index contributed by atoms with van der Waals surface area (Å²) in [5, 5.41) is 10.8. The van der Waals surface area contributed by atoms with Crippen LogP contribution in [0, 0.1) is 10.1 Å². The Morgan fingerprint density at radius 2 is 1.94 bits per heavy atom. The molecule has 0 aliphatic rings. The molecule has 0 atom stereocenters. The molecule has 1 aromatic heterocycles. The van der Waals surface area contributed by atoms with Gasteiger partial charge in [0, 0.05) is 16.8 Å². The summed E-state index contributed by atoms with van der Waals surface area (Å²) < 4.78 is 37.4. The predicted octanol–water partition coefficient (Wildman–Crippen LogP) is 3.83. The van der Waals surface area contributed by atoms with Crippen molar-refractivity contribution in [2.24, 2.45) is 0 Å². The van der Waals surface area contributed by atoms with Crippen LogP contribution in [0.1, 0.15) is 4.88 Å². The van der Waals surface area contributed by atoms with E-state index in [4.69, 9.17) is 0 Å². The monoisotopic (exact) mass is 247 g/mol. The molecule has 16 heavy (non-hydrogen) atoms. The van der Waals surface area contributed by atoms with Gasteiger partial charge < -0.3 is 0 Å². The summed E-state index contributed by atoms with van der Waals surface area (Å²) in [5.41, 5.74) is -0.205. The van der Waals surface area contributed by atoms with Crippen molar-refractivity contribution in [1.29, 1.82) is 0 Å². The Kier molecular flexibility index (Phi) is 2.34. The molecule has 0 unspecified atom stereocenters. The molecule has 0 radical (unpaired) electrons. The van der Waals surface area contributed by atoms with Gasteiger partial charge in [0.25, 0.3) is 5.69 Å². The maximum Gasteiger partial charge on any atom is 0.425 e. The molecule has 0 saturated heterocycles. The van der Waals surface area contributed by atoms with Crippen LogP contribution in [0.2, 0.25) is 0 Å². The Balaban J connectivity index is 2.59. The van der Waals surface area contributed by atoms with Crippen molar-refractivity contribution in [1.82, 2.24) is 0 Å². The number of thiophene rings is 1. The molecule has 7 heteroatoms. The second-order valence-corrected chi connectivity index (χ2v) is 4.17. The van der Waals surface area contributed by atoms with Crippen molar-refractivity contribution < 1.29 is 18.1 Å². The van der Waals surface area contributed by atoms with E-state index in [0.717, 1.165) is 12.1 Å². The highest BCUT2D eigenvalue weighted by Gasteiger charge is 2.32. The maximum absolute atomic E-state index is 12.4. The molecule has 2 aromatic rings. The summed E-state index contributed by atoms with van der Waals surface area (Å²) >= 11 is 0.506. The van der Waals surface area contributed by atoms with Crippen molar-refractivity contribution in [3.05, 3.63) is 39.3 Å². The zero-order valence-electron chi connectivity index (χ0n) is 7.62. The first-order valence-corrected chi connectivity index (χ1v) is 4.95. The first-order valence-electron chi connectivity index (χ1n) is 4.13. The first kappa shape index (κ1) is 10.9. The first-order chi connectivity index (χ1) is 7.38. The average Bonchev–Trinajstić information content (AvgIpc) is 2.58. The maximum atomic E-state index is 12.4. The summed E-state index contributed by atoms with van der Waals surface area (Å²) in [6, 6.07) is 4.65. The number of fused-ring (bicyclic) bond motifs is 1. The second-order valence-electron chi connectivity index (χ2n) is 3.09. The van der Waals surface area contributed by atoms with Crippen LogP contribution in [-0.4, -0.2) is 4.92 Å². The lowest BCUT2D eigenvalue weighted by Crippen LogP contribution is -2.00. The van der Waals surface area contributed by atoms with Gasteiger partial charge in [-0.15, -0.1) is 11.3 Å². The highest BCUT2D eigenvalue weighted by atomic mass is 32.1. The predicted molar refractivity (Wildman–Crippen MR) is 53.5 cm³/mol. The summed E-state index contributed by atoms with van der Waals surface area (Å²) in [4.78, 5) is 9.06. The highest BCUT2D eigenvalue weighted by Crippen LogP contribution is 2.38. The summed E-state index contributed by atoms with van der Waals surface area (Å²) in [6.07, 6.45) is -4.40. The van der Waals surface area contributed by atoms with Crippen LogP contribution < -0.4 is 0 Å². The largest absolute Gasteiger partial charge is 0.425 e. The molecule has 0 saturated carbocycles. The van der Waals surface area contributed by atoms with E-state index in [9.17, 15) is 23.3 Å². The number of nitro benzene ring substituents is 1. The molecule has 0 aliphatic heterocycles. The molecule has 0 N–H and O–H groups in total. The lowest BCUT2D eigenvalue weighted by atomic mass is 10.2. The Hall–Kier alpha value is -1.63. The molecule has 0 spiro atoms. The van der Waals surface area contributed by atoms with Gasteiger partial charge in [-0.1, -0.05) is 0 Å². The van der Waals surface area contributed by atoms with Crippen LogP contribution >= 0.6 is 11.3 Å². The molecule has 0 aliphatic carbocycles. The van der Waals surface area contributed by atoms with E-state index < -0.39 is 16.0 Å². The second kappa shape index (κ2) is 3.44. The summed E-state index contributed by atoms with van der Waals surface area (Å²) in [6.45, 7) is 0. The number of nitro groups is 1. The van der Waals surface area contributed by atoms with E-state index in [0.29, 0.717) is 16.7 Å². The molecule has 3 nitrogen and oxygen atoms in total. The molecular weight excluding hydrogens is 243 g/mol. The van der Waals surface area contributed by atoms with Crippen molar-refractivity contribution >= 4 is 27.1 Å². The minimum absolute atomic E-state index is 0.205. The zero-order chi connectivity index (χ0) is 11.9. The van der Waals surface area contributed by atoms with Gasteiger partial charge >= 0.3 is 6.18 Å². The van der Waals surface area contributed by atoms with Gasteiger partial charge in [0.2, 0.25) is 0 Å². The Labute approximate surface area is 91.3 Å². The van der Waals surface area contributed by atoms with Crippen LogP contribution in [0.15, 0.2) is 24.3 Å². The minimum atomic E-state index is -4.40. The van der Waals surface area contributed by atoms with E-state index in [1.165, 1.54) is 12.1 Å². The van der Waals surface area contributed by atoms with Crippen LogP contribution in [0.4, 0.5) is 18.9 Å². The van der Waals surface area contributed by atoms with Crippen LogP contribution in [0.5, 0.6) is 0 Å². The molecule has 84 valence electrons. The standard InChI is InChI=1S/C9H4F3NO2S/c10-9(11,12)8-3-5-1-2-6(13(14)15)4-7(5)16-8/h1-4H. The number of alkyl halides is 3. The molecule has 1 heterocycles. The SMILES string of the molecule is O=[N+]([O-])c1ccc2cc(C(F)(F)F)sc2c1. The average molecular weight is 247 g/mol. The van der Waals surface area contributed by atoms with Gasteiger partial charge in [-0.05, 0) is 17.5 Å². The van der Waals surface area contributed by atoms with Crippen molar-refractivity contribution in [2.45, 2.75) is 6.18 Å². The number of nitrogens with zero attached hydrogens (tertiary/aromatic N) is 1. The van der Waals surface area contributed by atoms with Crippen molar-refractivity contribution in [3.8, 4) is 0 Å². The molecule has 0 amide bonds. The Morgan fingerprint density at radius 1 is 1.25 bits per heavy atom. The van der Waals surface area contributed by atoms with E-state index in [1.54, 1.807) is 0 Å². The molecule has 0 fully saturated rings. The number of non-ortho nitro benzene ring substituents is 1. The van der Waals surface area contributed by atoms with Gasteiger partial charge in [0.1, 0.15) is 4.88 Å². The summed E-state index contributed by atoms with van der Waals surface area (Å²) in [5.74, 6) is 0. The van der Waals surface area contributed by atoms with Gasteiger partial charge in [0.15, 0.2) is 0 Å². The molecule has 1 aromatic carbocycles. The number of hydrogen-bond donors (Lipinski definition) is 0. The third-order valence-electron chi connectivity index (χ3n) is 1.99. The molecular formula is C9H4F3NO2S. The van der Waals surface area contributed by atoms with E-state index in [-0.39, 0.29) is 10.4 Å². The highest BCUT2D eigenvalue weighted by molar-refractivity contribution is 7.19. The van der Waals surface area contributed by atoms with Crippen LogP contribution in [-0.2, 0) is 6.18 Å². The van der Waals surface area contributed by atoms with Crippen molar-refractivity contribution in [2.75, 3.05) is 0 Å². The zero-order valence-corrected chi connectivity index (χ0v) is 8.43. The molecule has 0 bridgehead atoms. The lowest BCUT2D eigenvalue weighted by molar-refractivity contribution is -0.384. The number of halogens is 3. The van der Waals surface area contributed by atoms with Gasteiger partial charge in [0.05, 0.1) is 4.92 Å². The minimum Gasteiger partial charge on any atom is -0.258 e. The number of hydrogen-bond acceptors (Lipinski definition) is 3. The van der Waals surface area contributed by atoms with Crippen LogP contribution in [0.25, 0.3) is 10.1 Å². The lowest BCUT2D eigenvalue weighted by Gasteiger charge is -1.99. The van der Waals surface area contributed by atoms with E-state index in [2.05, 4.69) is 0 Å². The Bertz CT molecular complexity index is 561. The fourth-order valence-electron chi connectivity index (χ4n) is 1.27. The van der Waals surface area contributed by atoms with Gasteiger partial charge in [-0.3, -0.25) is 10.1 Å². The van der Waals surface area contributed by atoms with Gasteiger partial charge in [-0.2, -0.15) is 13.2 Å². The molecule has 2 rings (SSSR count). The van der Waals surface area contributed by atoms with Crippen LogP contribution in [0.3, 0.4) is 0 Å². The fourth-order valence-corrected chi connectivity index (χ4v) is 2.24. The fraction of sp³-hybridized carbons (Fsp3) is 0.111. The normalized spacial score (nSPS) is 11.9. The number of rotatable bonds is 1. The smallest absolute Gasteiger partial charge is 0.258 e. The number of benzene rings is 1. The van der Waals surface area contributed by atoms with E-state index >= 15 is 0 Å². The Morgan fingerprint density at radius 3 is 2.50 bits per heavy atom. The third-order valence-corrected chi connectivity index (χ3v) is 3.14. The van der Waals surface area contributed by atoms with Crippen molar-refractivity contribution in [3.63, 3.8) is 0 Å². The quantitative estimate of drug-likeness (QED) is 0.567. The summed E-state index contributed by atoms with van der Waals surface area (Å²) in [7, 11) is 0. The third kappa shape index (κ3) is 1.85.